The minimum absolute atomic E-state index is 0.0179. The van der Waals surface area contributed by atoms with Crippen LogP contribution in [0.2, 0.25) is 10.0 Å². The molecular formula is C19H25Cl2N3O3. The van der Waals surface area contributed by atoms with Gasteiger partial charge in [0.1, 0.15) is 5.75 Å². The van der Waals surface area contributed by atoms with Crippen LogP contribution in [0.4, 0.5) is 0 Å². The Balaban J connectivity index is 1.40. The van der Waals surface area contributed by atoms with Crippen LogP contribution in [0.1, 0.15) is 17.9 Å². The molecule has 0 unspecified atom stereocenters. The summed E-state index contributed by atoms with van der Waals surface area (Å²) in [6.07, 6.45) is 0.799. The normalized spacial score (nSPS) is 27.2. The van der Waals surface area contributed by atoms with Crippen LogP contribution in [0.15, 0.2) is 12.1 Å². The van der Waals surface area contributed by atoms with Crippen molar-refractivity contribution in [3.8, 4) is 5.75 Å². The number of rotatable bonds is 4. The maximum Gasteiger partial charge on any atom is 0.237 e. The molecule has 1 amide bonds. The van der Waals surface area contributed by atoms with Gasteiger partial charge in [0.05, 0.1) is 29.8 Å². The van der Waals surface area contributed by atoms with Crippen molar-refractivity contribution in [2.24, 2.45) is 0 Å². The highest BCUT2D eigenvalue weighted by Crippen LogP contribution is 2.43. The number of piperazine rings is 1. The van der Waals surface area contributed by atoms with Gasteiger partial charge in [-0.2, -0.15) is 0 Å². The van der Waals surface area contributed by atoms with Crippen molar-refractivity contribution in [1.29, 1.82) is 0 Å². The van der Waals surface area contributed by atoms with Crippen LogP contribution in [0.3, 0.4) is 0 Å². The fourth-order valence-corrected chi connectivity index (χ4v) is 4.95. The summed E-state index contributed by atoms with van der Waals surface area (Å²) >= 11 is 12.5. The second-order valence-electron chi connectivity index (χ2n) is 7.62. The standard InChI is InChI=1S/C19H25Cl2N3O3/c20-15-1-2-16(25)18(19(15)21)13-9-14-11-23(12-17(26)24(14)10-13)4-3-22-5-7-27-8-6-22/h1-2,13-14,25H,3-12H2/t13-,14-/m0/s1. The summed E-state index contributed by atoms with van der Waals surface area (Å²) in [5.74, 6) is 0.337. The number of fused-ring (bicyclic) bond motifs is 1. The first kappa shape index (κ1) is 19.3. The van der Waals surface area contributed by atoms with Gasteiger partial charge in [-0.25, -0.2) is 0 Å². The van der Waals surface area contributed by atoms with E-state index in [0.717, 1.165) is 52.4 Å². The number of ether oxygens (including phenoxy) is 1. The van der Waals surface area contributed by atoms with Gasteiger partial charge in [0.25, 0.3) is 0 Å². The van der Waals surface area contributed by atoms with Crippen LogP contribution in [-0.2, 0) is 9.53 Å². The van der Waals surface area contributed by atoms with Gasteiger partial charge in [-0.3, -0.25) is 14.6 Å². The fraction of sp³-hybridized carbons (Fsp3) is 0.632. The van der Waals surface area contributed by atoms with Crippen molar-refractivity contribution in [3.63, 3.8) is 0 Å². The molecule has 6 nitrogen and oxygen atoms in total. The number of phenols is 1. The maximum atomic E-state index is 12.7. The summed E-state index contributed by atoms with van der Waals surface area (Å²) < 4.78 is 5.39. The Morgan fingerprint density at radius 1 is 1.11 bits per heavy atom. The molecule has 3 saturated heterocycles. The SMILES string of the molecule is O=C1CN(CCN2CCOCC2)C[C@@H]2C[C@H](c3c(O)ccc(Cl)c3Cl)CN12. The van der Waals surface area contributed by atoms with Gasteiger partial charge in [0, 0.05) is 56.8 Å². The Morgan fingerprint density at radius 3 is 2.63 bits per heavy atom. The second kappa shape index (κ2) is 8.13. The Bertz CT molecular complexity index is 712. The fourth-order valence-electron chi connectivity index (χ4n) is 4.47. The minimum atomic E-state index is 0.0179. The Morgan fingerprint density at radius 2 is 1.85 bits per heavy atom. The number of nitrogens with zero attached hydrogens (tertiary/aromatic N) is 3. The van der Waals surface area contributed by atoms with Crippen molar-refractivity contribution in [2.75, 3.05) is 59.0 Å². The first-order chi connectivity index (χ1) is 13.0. The molecule has 3 aliphatic rings. The summed E-state index contributed by atoms with van der Waals surface area (Å²) in [5, 5.41) is 11.1. The molecule has 8 heteroatoms. The smallest absolute Gasteiger partial charge is 0.237 e. The summed E-state index contributed by atoms with van der Waals surface area (Å²) in [5.41, 5.74) is 0.672. The van der Waals surface area contributed by atoms with Crippen LogP contribution < -0.4 is 0 Å². The van der Waals surface area contributed by atoms with Crippen LogP contribution in [-0.4, -0.2) is 90.8 Å². The number of amides is 1. The zero-order valence-electron chi connectivity index (χ0n) is 15.2. The van der Waals surface area contributed by atoms with E-state index in [9.17, 15) is 9.90 Å². The number of carbonyl (C=O) groups excluding carboxylic acids is 1. The zero-order chi connectivity index (χ0) is 19.0. The third-order valence-corrected chi connectivity index (χ3v) is 6.74. The number of carbonyl (C=O) groups is 1. The van der Waals surface area contributed by atoms with E-state index in [1.807, 2.05) is 4.90 Å². The predicted molar refractivity (Wildman–Crippen MR) is 105 cm³/mol. The summed E-state index contributed by atoms with van der Waals surface area (Å²) in [7, 11) is 0. The lowest BCUT2D eigenvalue weighted by atomic mass is 9.95. The minimum Gasteiger partial charge on any atom is -0.508 e. The van der Waals surface area contributed by atoms with Crippen molar-refractivity contribution >= 4 is 29.1 Å². The van der Waals surface area contributed by atoms with E-state index in [-0.39, 0.29) is 23.6 Å². The van der Waals surface area contributed by atoms with Crippen molar-refractivity contribution in [3.05, 3.63) is 27.7 Å². The highest BCUT2D eigenvalue weighted by Gasteiger charge is 2.42. The summed E-state index contributed by atoms with van der Waals surface area (Å²) in [6.45, 7) is 7.29. The zero-order valence-corrected chi connectivity index (χ0v) is 16.8. The van der Waals surface area contributed by atoms with Gasteiger partial charge in [0.2, 0.25) is 5.91 Å². The van der Waals surface area contributed by atoms with E-state index in [1.165, 1.54) is 0 Å². The molecule has 3 fully saturated rings. The number of aromatic hydroxyl groups is 1. The monoisotopic (exact) mass is 413 g/mol. The molecule has 1 aromatic carbocycles. The Kier molecular flexibility index (Phi) is 5.81. The average Bonchev–Trinajstić information content (AvgIpc) is 3.08. The quantitative estimate of drug-likeness (QED) is 0.818. The van der Waals surface area contributed by atoms with Gasteiger partial charge in [-0.1, -0.05) is 23.2 Å². The molecular weight excluding hydrogens is 389 g/mol. The van der Waals surface area contributed by atoms with E-state index in [2.05, 4.69) is 9.80 Å². The van der Waals surface area contributed by atoms with Crippen LogP contribution in [0.25, 0.3) is 0 Å². The number of morpholine rings is 1. The number of benzene rings is 1. The van der Waals surface area contributed by atoms with Crippen molar-refractivity contribution in [1.82, 2.24) is 14.7 Å². The van der Waals surface area contributed by atoms with Crippen molar-refractivity contribution in [2.45, 2.75) is 18.4 Å². The molecule has 0 saturated carbocycles. The largest absolute Gasteiger partial charge is 0.508 e. The van der Waals surface area contributed by atoms with Crippen LogP contribution >= 0.6 is 23.2 Å². The van der Waals surface area contributed by atoms with E-state index in [4.69, 9.17) is 27.9 Å². The first-order valence-electron chi connectivity index (χ1n) is 9.51. The molecule has 1 N–H and O–H groups in total. The average molecular weight is 414 g/mol. The first-order valence-corrected chi connectivity index (χ1v) is 10.3. The molecule has 27 heavy (non-hydrogen) atoms. The lowest BCUT2D eigenvalue weighted by Crippen LogP contribution is -2.55. The highest BCUT2D eigenvalue weighted by molar-refractivity contribution is 6.42. The van der Waals surface area contributed by atoms with Crippen molar-refractivity contribution < 1.29 is 14.6 Å². The molecule has 3 aliphatic heterocycles. The maximum absolute atomic E-state index is 12.7. The van der Waals surface area contributed by atoms with Gasteiger partial charge in [-0.15, -0.1) is 0 Å². The molecule has 0 aliphatic carbocycles. The lowest BCUT2D eigenvalue weighted by molar-refractivity contribution is -0.137. The van der Waals surface area contributed by atoms with E-state index in [0.29, 0.717) is 28.7 Å². The van der Waals surface area contributed by atoms with Gasteiger partial charge in [-0.05, 0) is 18.6 Å². The molecule has 4 rings (SSSR count). The number of phenolic OH excluding ortho intramolecular Hbond substituents is 1. The summed E-state index contributed by atoms with van der Waals surface area (Å²) in [6, 6.07) is 3.34. The molecule has 3 heterocycles. The Hall–Kier alpha value is -1.05. The molecule has 0 aromatic heterocycles. The molecule has 148 valence electrons. The molecule has 0 bridgehead atoms. The van der Waals surface area contributed by atoms with Gasteiger partial charge >= 0.3 is 0 Å². The van der Waals surface area contributed by atoms with Crippen LogP contribution in [0.5, 0.6) is 5.75 Å². The van der Waals surface area contributed by atoms with E-state index in [1.54, 1.807) is 12.1 Å². The third kappa shape index (κ3) is 4.05. The molecule has 0 spiro atoms. The second-order valence-corrected chi connectivity index (χ2v) is 8.40. The lowest BCUT2D eigenvalue weighted by Gasteiger charge is -2.38. The Labute approximate surface area is 169 Å². The molecule has 1 aromatic rings. The third-order valence-electron chi connectivity index (χ3n) is 5.92. The highest BCUT2D eigenvalue weighted by atomic mass is 35.5. The summed E-state index contributed by atoms with van der Waals surface area (Å²) in [4.78, 5) is 19.3. The molecule has 0 radical (unpaired) electrons. The van der Waals surface area contributed by atoms with E-state index < -0.39 is 0 Å². The van der Waals surface area contributed by atoms with Gasteiger partial charge < -0.3 is 14.7 Å². The van der Waals surface area contributed by atoms with Crippen LogP contribution in [0, 0.1) is 0 Å². The number of halogens is 2. The van der Waals surface area contributed by atoms with E-state index >= 15 is 0 Å². The topological polar surface area (TPSA) is 56.3 Å². The molecule has 2 atom stereocenters. The number of hydrogen-bond acceptors (Lipinski definition) is 5. The van der Waals surface area contributed by atoms with Gasteiger partial charge in [0.15, 0.2) is 0 Å². The predicted octanol–water partition coefficient (Wildman–Crippen LogP) is 2.03. The number of hydrogen-bond donors (Lipinski definition) is 1.